The van der Waals surface area contributed by atoms with Crippen molar-refractivity contribution in [3.8, 4) is 0 Å². The summed E-state index contributed by atoms with van der Waals surface area (Å²) in [5, 5.41) is 0.474. The molecule has 0 amide bonds. The minimum atomic E-state index is -0.0199. The Bertz CT molecular complexity index is 645. The summed E-state index contributed by atoms with van der Waals surface area (Å²) >= 11 is 5.87. The largest absolute Gasteiger partial charge is 0.398 e. The first-order chi connectivity index (χ1) is 9.65. The van der Waals surface area contributed by atoms with Gasteiger partial charge in [-0.2, -0.15) is 0 Å². The molecule has 2 aromatic rings. The summed E-state index contributed by atoms with van der Waals surface area (Å²) in [5.74, 6) is 0.666. The predicted molar refractivity (Wildman–Crippen MR) is 82.3 cm³/mol. The number of hydrogen-bond donors (Lipinski definition) is 1. The minimum Gasteiger partial charge on any atom is -0.398 e. The van der Waals surface area contributed by atoms with Gasteiger partial charge in [0.15, 0.2) is 5.78 Å². The summed E-state index contributed by atoms with van der Waals surface area (Å²) < 4.78 is 0. The summed E-state index contributed by atoms with van der Waals surface area (Å²) in [6, 6.07) is 12.9. The molecule has 1 aliphatic rings. The van der Waals surface area contributed by atoms with E-state index in [0.29, 0.717) is 27.8 Å². The molecule has 20 heavy (non-hydrogen) atoms. The standard InChI is InChI=1S/C17H16ClNO/c18-15-9-8-14(10-16(15)19)17(20)13-6-4-12(5-7-13)11-2-1-3-11/h4-11H,1-3,19H2. The van der Waals surface area contributed by atoms with Crippen LogP contribution in [0, 0.1) is 0 Å². The molecule has 0 radical (unpaired) electrons. The predicted octanol–water partition coefficient (Wildman–Crippen LogP) is 4.42. The summed E-state index contributed by atoms with van der Waals surface area (Å²) in [6.45, 7) is 0. The molecular formula is C17H16ClNO. The highest BCUT2D eigenvalue weighted by Crippen LogP contribution is 2.36. The van der Waals surface area contributed by atoms with Crippen LogP contribution in [0.1, 0.15) is 46.7 Å². The number of rotatable bonds is 3. The normalized spacial score (nSPS) is 14.8. The molecule has 1 fully saturated rings. The maximum absolute atomic E-state index is 12.4. The molecular weight excluding hydrogens is 270 g/mol. The topological polar surface area (TPSA) is 43.1 Å². The Labute approximate surface area is 123 Å². The Kier molecular flexibility index (Phi) is 3.49. The molecule has 1 aliphatic carbocycles. The Balaban J connectivity index is 1.84. The first-order valence-electron chi connectivity index (χ1n) is 6.85. The SMILES string of the molecule is Nc1cc(C(=O)c2ccc(C3CCC3)cc2)ccc1Cl. The number of carbonyl (C=O) groups excluding carboxylic acids is 1. The van der Waals surface area contributed by atoms with Gasteiger partial charge < -0.3 is 5.73 Å². The van der Waals surface area contributed by atoms with Crippen LogP contribution in [0.25, 0.3) is 0 Å². The molecule has 0 atom stereocenters. The van der Waals surface area contributed by atoms with Crippen molar-refractivity contribution in [3.05, 3.63) is 64.2 Å². The van der Waals surface area contributed by atoms with Gasteiger partial charge in [-0.3, -0.25) is 4.79 Å². The van der Waals surface area contributed by atoms with Gasteiger partial charge >= 0.3 is 0 Å². The zero-order valence-electron chi connectivity index (χ0n) is 11.1. The average Bonchev–Trinajstić information content (AvgIpc) is 2.40. The van der Waals surface area contributed by atoms with Crippen LogP contribution < -0.4 is 5.73 Å². The molecule has 0 aromatic heterocycles. The van der Waals surface area contributed by atoms with Crippen molar-refractivity contribution in [2.75, 3.05) is 5.73 Å². The Morgan fingerprint density at radius 2 is 1.70 bits per heavy atom. The Morgan fingerprint density at radius 1 is 1.05 bits per heavy atom. The summed E-state index contributed by atoms with van der Waals surface area (Å²) in [5.41, 5.74) is 8.77. The van der Waals surface area contributed by atoms with Gasteiger partial charge in [-0.25, -0.2) is 0 Å². The summed E-state index contributed by atoms with van der Waals surface area (Å²) in [4.78, 5) is 12.4. The lowest BCUT2D eigenvalue weighted by Gasteiger charge is -2.25. The highest BCUT2D eigenvalue weighted by atomic mass is 35.5. The van der Waals surface area contributed by atoms with E-state index < -0.39 is 0 Å². The molecule has 2 nitrogen and oxygen atoms in total. The minimum absolute atomic E-state index is 0.0199. The number of ketones is 1. The second kappa shape index (κ2) is 5.29. The number of carbonyl (C=O) groups is 1. The molecule has 0 spiro atoms. The van der Waals surface area contributed by atoms with Crippen molar-refractivity contribution in [1.82, 2.24) is 0 Å². The Hall–Kier alpha value is -1.80. The number of benzene rings is 2. The van der Waals surface area contributed by atoms with E-state index in [1.807, 2.05) is 12.1 Å². The third-order valence-corrected chi connectivity index (χ3v) is 4.35. The van der Waals surface area contributed by atoms with Crippen LogP contribution in [0.3, 0.4) is 0 Å². The third kappa shape index (κ3) is 2.44. The lowest BCUT2D eigenvalue weighted by Crippen LogP contribution is -2.09. The van der Waals surface area contributed by atoms with E-state index in [0.717, 1.165) is 0 Å². The number of anilines is 1. The smallest absolute Gasteiger partial charge is 0.193 e. The van der Waals surface area contributed by atoms with Gasteiger partial charge in [-0.05, 0) is 42.5 Å². The van der Waals surface area contributed by atoms with Gasteiger partial charge in [0.1, 0.15) is 0 Å². The average molecular weight is 286 g/mol. The summed E-state index contributed by atoms with van der Waals surface area (Å²) in [6.07, 6.45) is 3.84. The third-order valence-electron chi connectivity index (χ3n) is 4.01. The zero-order chi connectivity index (χ0) is 14.1. The van der Waals surface area contributed by atoms with Gasteiger partial charge in [0.05, 0.1) is 10.7 Å². The van der Waals surface area contributed by atoms with Crippen molar-refractivity contribution in [2.45, 2.75) is 25.2 Å². The van der Waals surface area contributed by atoms with Crippen LogP contribution in [0.4, 0.5) is 5.69 Å². The van der Waals surface area contributed by atoms with Gasteiger partial charge in [0.2, 0.25) is 0 Å². The van der Waals surface area contributed by atoms with E-state index in [2.05, 4.69) is 12.1 Å². The van der Waals surface area contributed by atoms with Crippen LogP contribution >= 0.6 is 11.6 Å². The molecule has 0 saturated heterocycles. The fraction of sp³-hybridized carbons (Fsp3) is 0.235. The molecule has 3 heteroatoms. The van der Waals surface area contributed by atoms with Gasteiger partial charge in [0, 0.05) is 11.1 Å². The van der Waals surface area contributed by atoms with E-state index in [9.17, 15) is 4.79 Å². The maximum Gasteiger partial charge on any atom is 0.193 e. The summed E-state index contributed by atoms with van der Waals surface area (Å²) in [7, 11) is 0. The molecule has 102 valence electrons. The van der Waals surface area contributed by atoms with Crippen LogP contribution in [0.2, 0.25) is 5.02 Å². The molecule has 1 saturated carbocycles. The quantitative estimate of drug-likeness (QED) is 0.670. The van der Waals surface area contributed by atoms with Crippen molar-refractivity contribution >= 4 is 23.1 Å². The van der Waals surface area contributed by atoms with E-state index in [4.69, 9.17) is 17.3 Å². The second-order valence-corrected chi connectivity index (χ2v) is 5.72. The number of nitrogen functional groups attached to an aromatic ring is 1. The lowest BCUT2D eigenvalue weighted by atomic mass is 9.80. The highest BCUT2D eigenvalue weighted by Gasteiger charge is 2.19. The van der Waals surface area contributed by atoms with E-state index in [1.165, 1.54) is 24.8 Å². The van der Waals surface area contributed by atoms with E-state index in [-0.39, 0.29) is 5.78 Å². The number of hydrogen-bond acceptors (Lipinski definition) is 2. The first-order valence-corrected chi connectivity index (χ1v) is 7.22. The van der Waals surface area contributed by atoms with Crippen molar-refractivity contribution in [1.29, 1.82) is 0 Å². The van der Waals surface area contributed by atoms with Crippen molar-refractivity contribution < 1.29 is 4.79 Å². The van der Waals surface area contributed by atoms with Crippen molar-refractivity contribution in [2.24, 2.45) is 0 Å². The molecule has 0 heterocycles. The molecule has 0 aliphatic heterocycles. The highest BCUT2D eigenvalue weighted by molar-refractivity contribution is 6.33. The van der Waals surface area contributed by atoms with E-state index >= 15 is 0 Å². The van der Waals surface area contributed by atoms with Crippen LogP contribution in [0.15, 0.2) is 42.5 Å². The fourth-order valence-electron chi connectivity index (χ4n) is 2.50. The molecule has 2 aromatic carbocycles. The molecule has 2 N–H and O–H groups in total. The van der Waals surface area contributed by atoms with Gasteiger partial charge in [-0.1, -0.05) is 42.3 Å². The van der Waals surface area contributed by atoms with Crippen LogP contribution in [-0.4, -0.2) is 5.78 Å². The van der Waals surface area contributed by atoms with Crippen LogP contribution in [0.5, 0.6) is 0 Å². The Morgan fingerprint density at radius 3 is 2.25 bits per heavy atom. The van der Waals surface area contributed by atoms with Gasteiger partial charge in [-0.15, -0.1) is 0 Å². The zero-order valence-corrected chi connectivity index (χ0v) is 11.9. The van der Waals surface area contributed by atoms with Crippen LogP contribution in [-0.2, 0) is 0 Å². The number of nitrogens with two attached hydrogens (primary N) is 1. The van der Waals surface area contributed by atoms with Crippen molar-refractivity contribution in [3.63, 3.8) is 0 Å². The monoisotopic (exact) mass is 285 g/mol. The maximum atomic E-state index is 12.4. The molecule has 0 bridgehead atoms. The first kappa shape index (κ1) is 13.2. The molecule has 3 rings (SSSR count). The van der Waals surface area contributed by atoms with E-state index in [1.54, 1.807) is 18.2 Å². The molecule has 0 unspecified atom stereocenters. The second-order valence-electron chi connectivity index (χ2n) is 5.32. The fourth-order valence-corrected chi connectivity index (χ4v) is 2.62. The number of halogens is 1. The lowest BCUT2D eigenvalue weighted by molar-refractivity contribution is 0.103. The van der Waals surface area contributed by atoms with Gasteiger partial charge in [0.25, 0.3) is 0 Å².